The Hall–Kier alpha value is -6.30. The van der Waals surface area contributed by atoms with Gasteiger partial charge < -0.3 is 9.80 Å². The molecule has 1 aliphatic carbocycles. The first-order valence-corrected chi connectivity index (χ1v) is 16.8. The molecule has 0 saturated heterocycles. The van der Waals surface area contributed by atoms with Crippen LogP contribution in [-0.2, 0) is 5.41 Å². The summed E-state index contributed by atoms with van der Waals surface area (Å²) in [5, 5.41) is 0. The molecule has 0 heterocycles. The molecule has 2 heteroatoms. The Morgan fingerprint density at radius 2 is 0.694 bits per heavy atom. The van der Waals surface area contributed by atoms with Crippen LogP contribution in [0.4, 0.5) is 34.1 Å². The second-order valence-corrected chi connectivity index (χ2v) is 12.9. The van der Waals surface area contributed by atoms with E-state index in [0.29, 0.717) is 0 Å². The standard InChI is InChI=1S/C47H36N2/c1-47(2)45-33-36(24-23-35-25-28-41(29-26-35)48(37-15-7-3-8-16-37)38-17-9-4-10-18-38)27-31-43(45)44-32-30-42(34-46(44)47)49(39-19-11-5-12-20-39)40-21-13-6-14-22-40/h3-22,25-34H,1-2H3. The molecule has 0 fully saturated rings. The molecule has 0 bridgehead atoms. The highest BCUT2D eigenvalue weighted by Crippen LogP contribution is 2.51. The molecular formula is C47H36N2. The highest BCUT2D eigenvalue weighted by atomic mass is 15.1. The maximum Gasteiger partial charge on any atom is 0.0465 e. The van der Waals surface area contributed by atoms with Crippen LogP contribution >= 0.6 is 0 Å². The zero-order valence-corrected chi connectivity index (χ0v) is 27.7. The van der Waals surface area contributed by atoms with Gasteiger partial charge in [0.2, 0.25) is 0 Å². The summed E-state index contributed by atoms with van der Waals surface area (Å²) in [7, 11) is 0. The quantitative estimate of drug-likeness (QED) is 0.169. The lowest BCUT2D eigenvalue weighted by Gasteiger charge is -2.28. The molecule has 8 rings (SSSR count). The van der Waals surface area contributed by atoms with Crippen molar-refractivity contribution in [3.63, 3.8) is 0 Å². The first-order chi connectivity index (χ1) is 24.1. The number of benzene rings is 7. The third-order valence-corrected chi connectivity index (χ3v) is 9.45. The van der Waals surface area contributed by atoms with E-state index < -0.39 is 0 Å². The Morgan fingerprint density at radius 3 is 1.18 bits per heavy atom. The van der Waals surface area contributed by atoms with E-state index in [0.717, 1.165) is 45.3 Å². The summed E-state index contributed by atoms with van der Waals surface area (Å²) in [5.41, 5.74) is 13.8. The molecule has 0 amide bonds. The van der Waals surface area contributed by atoms with Gasteiger partial charge in [-0.05, 0) is 119 Å². The molecule has 0 aliphatic heterocycles. The molecule has 7 aromatic rings. The van der Waals surface area contributed by atoms with Gasteiger partial charge in [0.25, 0.3) is 0 Å². The van der Waals surface area contributed by atoms with Crippen LogP contribution in [-0.4, -0.2) is 0 Å². The van der Waals surface area contributed by atoms with Gasteiger partial charge in [-0.1, -0.05) is 111 Å². The van der Waals surface area contributed by atoms with E-state index in [2.05, 4.69) is 205 Å². The van der Waals surface area contributed by atoms with E-state index in [1.807, 2.05) is 12.1 Å². The van der Waals surface area contributed by atoms with Crippen molar-refractivity contribution in [2.75, 3.05) is 9.80 Å². The Morgan fingerprint density at radius 1 is 0.347 bits per heavy atom. The Bertz CT molecular complexity index is 2200. The first kappa shape index (κ1) is 30.1. The van der Waals surface area contributed by atoms with Gasteiger partial charge in [-0.3, -0.25) is 0 Å². The molecule has 2 nitrogen and oxygen atoms in total. The topological polar surface area (TPSA) is 6.48 Å². The van der Waals surface area contributed by atoms with Crippen LogP contribution in [0.3, 0.4) is 0 Å². The van der Waals surface area contributed by atoms with Gasteiger partial charge in [0.1, 0.15) is 0 Å². The highest BCUT2D eigenvalue weighted by Gasteiger charge is 2.36. The van der Waals surface area contributed by atoms with E-state index >= 15 is 0 Å². The second-order valence-electron chi connectivity index (χ2n) is 12.9. The van der Waals surface area contributed by atoms with Crippen molar-refractivity contribution in [3.8, 4) is 23.0 Å². The lowest BCUT2D eigenvalue weighted by atomic mass is 9.82. The lowest BCUT2D eigenvalue weighted by Crippen LogP contribution is -2.16. The first-order valence-electron chi connectivity index (χ1n) is 16.8. The minimum atomic E-state index is -0.169. The van der Waals surface area contributed by atoms with Gasteiger partial charge in [-0.2, -0.15) is 0 Å². The minimum Gasteiger partial charge on any atom is -0.311 e. The third-order valence-electron chi connectivity index (χ3n) is 9.45. The average molecular weight is 629 g/mol. The normalized spacial score (nSPS) is 12.3. The number of hydrogen-bond donors (Lipinski definition) is 0. The summed E-state index contributed by atoms with van der Waals surface area (Å²) in [5.74, 6) is 6.90. The minimum absolute atomic E-state index is 0.169. The van der Waals surface area contributed by atoms with Crippen molar-refractivity contribution in [2.24, 2.45) is 0 Å². The fourth-order valence-electron chi connectivity index (χ4n) is 6.98. The summed E-state index contributed by atoms with van der Waals surface area (Å²) < 4.78 is 0. The molecule has 0 saturated carbocycles. The van der Waals surface area contributed by atoms with Crippen LogP contribution in [0, 0.1) is 11.8 Å². The molecule has 7 aromatic carbocycles. The Labute approximate surface area is 289 Å². The molecule has 0 atom stereocenters. The molecule has 0 spiro atoms. The fourth-order valence-corrected chi connectivity index (χ4v) is 6.98. The summed E-state index contributed by atoms with van der Waals surface area (Å²) in [4.78, 5) is 4.60. The summed E-state index contributed by atoms with van der Waals surface area (Å²) in [6.07, 6.45) is 0. The predicted molar refractivity (Wildman–Crippen MR) is 206 cm³/mol. The van der Waals surface area contributed by atoms with E-state index in [1.54, 1.807) is 0 Å². The maximum absolute atomic E-state index is 3.47. The van der Waals surface area contributed by atoms with Crippen molar-refractivity contribution in [1.82, 2.24) is 0 Å². The van der Waals surface area contributed by atoms with Gasteiger partial charge in [0.05, 0.1) is 0 Å². The number of fused-ring (bicyclic) bond motifs is 3. The number of anilines is 6. The van der Waals surface area contributed by atoms with Crippen LogP contribution in [0.2, 0.25) is 0 Å². The molecule has 234 valence electrons. The smallest absolute Gasteiger partial charge is 0.0465 e. The maximum atomic E-state index is 3.47. The molecule has 0 radical (unpaired) electrons. The van der Waals surface area contributed by atoms with Crippen molar-refractivity contribution < 1.29 is 0 Å². The summed E-state index contributed by atoms with van der Waals surface area (Å²) >= 11 is 0. The second kappa shape index (κ2) is 12.7. The molecule has 0 N–H and O–H groups in total. The largest absolute Gasteiger partial charge is 0.311 e. The molecule has 49 heavy (non-hydrogen) atoms. The van der Waals surface area contributed by atoms with Gasteiger partial charge in [-0.25, -0.2) is 0 Å². The highest BCUT2D eigenvalue weighted by molar-refractivity contribution is 5.86. The van der Waals surface area contributed by atoms with Crippen LogP contribution in [0.15, 0.2) is 182 Å². The molecule has 0 unspecified atom stereocenters. The zero-order valence-electron chi connectivity index (χ0n) is 27.7. The van der Waals surface area contributed by atoms with Crippen LogP contribution in [0.5, 0.6) is 0 Å². The summed E-state index contributed by atoms with van der Waals surface area (Å²) in [6, 6.07) is 64.3. The number of rotatable bonds is 6. The number of para-hydroxylation sites is 4. The van der Waals surface area contributed by atoms with Crippen molar-refractivity contribution in [3.05, 3.63) is 204 Å². The van der Waals surface area contributed by atoms with Gasteiger partial charge in [-0.15, -0.1) is 0 Å². The van der Waals surface area contributed by atoms with Gasteiger partial charge in [0.15, 0.2) is 0 Å². The van der Waals surface area contributed by atoms with E-state index in [9.17, 15) is 0 Å². The molecule has 0 aromatic heterocycles. The van der Waals surface area contributed by atoms with Crippen molar-refractivity contribution >= 4 is 34.1 Å². The number of hydrogen-bond acceptors (Lipinski definition) is 2. The van der Waals surface area contributed by atoms with Crippen molar-refractivity contribution in [2.45, 2.75) is 19.3 Å². The van der Waals surface area contributed by atoms with Gasteiger partial charge in [0, 0.05) is 50.7 Å². The van der Waals surface area contributed by atoms with E-state index in [4.69, 9.17) is 0 Å². The molecular weight excluding hydrogens is 593 g/mol. The lowest BCUT2D eigenvalue weighted by molar-refractivity contribution is 0.660. The SMILES string of the molecule is CC1(C)c2cc(C#Cc3ccc(N(c4ccccc4)c4ccccc4)cc3)ccc2-c2ccc(N(c3ccccc3)c3ccccc3)cc21. The van der Waals surface area contributed by atoms with Crippen LogP contribution in [0.25, 0.3) is 11.1 Å². The van der Waals surface area contributed by atoms with Gasteiger partial charge >= 0.3 is 0 Å². The molecule has 1 aliphatic rings. The average Bonchev–Trinajstić information content (AvgIpc) is 3.38. The number of nitrogens with zero attached hydrogens (tertiary/aromatic N) is 2. The Kier molecular flexibility index (Phi) is 7.80. The predicted octanol–water partition coefficient (Wildman–Crippen LogP) is 12.3. The van der Waals surface area contributed by atoms with E-state index in [-0.39, 0.29) is 5.41 Å². The van der Waals surface area contributed by atoms with Crippen molar-refractivity contribution in [1.29, 1.82) is 0 Å². The van der Waals surface area contributed by atoms with Crippen LogP contribution < -0.4 is 9.80 Å². The fraction of sp³-hybridized carbons (Fsp3) is 0.0638. The monoisotopic (exact) mass is 628 g/mol. The van der Waals surface area contributed by atoms with Crippen LogP contribution in [0.1, 0.15) is 36.1 Å². The van der Waals surface area contributed by atoms with E-state index in [1.165, 1.54) is 22.3 Å². The third kappa shape index (κ3) is 5.77. The zero-order chi connectivity index (χ0) is 33.2. The Balaban J connectivity index is 1.09. The summed E-state index contributed by atoms with van der Waals surface area (Å²) in [6.45, 7) is 4.66.